The second kappa shape index (κ2) is 30.3. The van der Waals surface area contributed by atoms with Crippen molar-refractivity contribution in [3.8, 4) is 0 Å². The second-order valence-corrected chi connectivity index (χ2v) is 8.97. The molecule has 0 aromatic rings. The van der Waals surface area contributed by atoms with E-state index in [0.717, 1.165) is 18.8 Å². The molecule has 0 aromatic carbocycles. The number of hydrogen-bond donors (Lipinski definition) is 0. The minimum absolute atomic E-state index is 0.285. The lowest BCUT2D eigenvalue weighted by atomic mass is 9.98. The zero-order valence-electron chi connectivity index (χ0n) is 22.5. The molecule has 0 spiro atoms. The molecule has 0 bridgehead atoms. The molecule has 6 heteroatoms. The molecule has 0 aliphatic carbocycles. The van der Waals surface area contributed by atoms with E-state index >= 15 is 0 Å². The van der Waals surface area contributed by atoms with Crippen LogP contribution in [0.1, 0.15) is 113 Å². The molecule has 0 fully saturated rings. The van der Waals surface area contributed by atoms with Crippen LogP contribution in [0.25, 0.3) is 0 Å². The third-order valence-electron chi connectivity index (χ3n) is 4.92. The lowest BCUT2D eigenvalue weighted by molar-refractivity contribution is -0.160. The fourth-order valence-electron chi connectivity index (χ4n) is 3.04. The van der Waals surface area contributed by atoms with Crippen molar-refractivity contribution in [2.75, 3.05) is 20.3 Å². The number of carbonyl (C=O) groups is 1. The summed E-state index contributed by atoms with van der Waals surface area (Å²) in [5.74, 6) is 2.07. The van der Waals surface area contributed by atoms with E-state index in [9.17, 15) is 4.79 Å². The van der Waals surface area contributed by atoms with E-state index in [1.807, 2.05) is 13.8 Å². The van der Waals surface area contributed by atoms with Gasteiger partial charge < -0.3 is 9.47 Å². The van der Waals surface area contributed by atoms with Crippen molar-refractivity contribution in [1.29, 1.82) is 0 Å². The molecule has 0 saturated carbocycles. The van der Waals surface area contributed by atoms with Crippen LogP contribution in [0.4, 0.5) is 0 Å². The highest BCUT2D eigenvalue weighted by Gasteiger charge is 2.11. The van der Waals surface area contributed by atoms with E-state index in [1.165, 1.54) is 76.9 Å². The number of allylic oxidation sites excluding steroid dienone is 1. The van der Waals surface area contributed by atoms with Crippen LogP contribution in [-0.4, -0.2) is 32.0 Å². The maximum absolute atomic E-state index is 9.97. The fourth-order valence-corrected chi connectivity index (χ4v) is 3.51. The monoisotopic (exact) mass is 478 g/mol. The Morgan fingerprint density at radius 1 is 0.938 bits per heavy atom. The van der Waals surface area contributed by atoms with Gasteiger partial charge in [0.1, 0.15) is 0 Å². The van der Waals surface area contributed by atoms with Gasteiger partial charge >= 0.3 is 0 Å². The molecule has 3 unspecified atom stereocenters. The molecule has 194 valence electrons. The predicted octanol–water partition coefficient (Wildman–Crippen LogP) is 8.53. The first-order chi connectivity index (χ1) is 15.5. The maximum atomic E-state index is 9.97. The molecule has 0 amide bonds. The Kier molecular flexibility index (Phi) is 33.9. The van der Waals surface area contributed by atoms with Crippen LogP contribution in [0.15, 0.2) is 12.3 Å². The van der Waals surface area contributed by atoms with Gasteiger partial charge in [-0.3, -0.25) is 4.79 Å². The number of hydrogen-bond acceptors (Lipinski definition) is 6. The largest absolute Gasteiger partial charge is 0.498 e. The van der Waals surface area contributed by atoms with Gasteiger partial charge in [-0.2, -0.15) is 4.33 Å². The summed E-state index contributed by atoms with van der Waals surface area (Å²) in [6, 6.07) is 0. The highest BCUT2D eigenvalue weighted by atomic mass is 32.2. The van der Waals surface area contributed by atoms with Crippen LogP contribution in [0.2, 0.25) is 0 Å². The Morgan fingerprint density at radius 3 is 2.00 bits per heavy atom. The molecule has 0 aliphatic heterocycles. The molecule has 0 rings (SSSR count). The average Bonchev–Trinajstić information content (AvgIpc) is 2.81. The summed E-state index contributed by atoms with van der Waals surface area (Å²) in [6.45, 7) is 20.8. The fraction of sp³-hybridized carbons (Fsp3) is 0.885. The smallest absolute Gasteiger partial charge is 0.293 e. The normalized spacial score (nSPS) is 12.9. The van der Waals surface area contributed by atoms with Crippen LogP contribution in [0.3, 0.4) is 0 Å². The Hall–Kier alpha value is -0.720. The van der Waals surface area contributed by atoms with E-state index in [1.54, 1.807) is 0 Å². The summed E-state index contributed by atoms with van der Waals surface area (Å²) in [6.07, 6.45) is 11.7. The first kappa shape index (κ1) is 35.9. The summed E-state index contributed by atoms with van der Waals surface area (Å²) >= 11 is 1.30. The quantitative estimate of drug-likeness (QED) is 0.0574. The predicted molar refractivity (Wildman–Crippen MR) is 139 cm³/mol. The zero-order valence-corrected chi connectivity index (χ0v) is 23.3. The SMILES string of the molecule is C=C(CC(C)SOOC)OCC(CC)CCCC.CC.CCCCC(CCC)COC=O. The van der Waals surface area contributed by atoms with Crippen molar-refractivity contribution in [1.82, 2.24) is 0 Å². The summed E-state index contributed by atoms with van der Waals surface area (Å²) in [5, 5.41) is 0.285. The van der Waals surface area contributed by atoms with E-state index in [2.05, 4.69) is 46.1 Å². The van der Waals surface area contributed by atoms with Crippen LogP contribution >= 0.6 is 12.0 Å². The number of rotatable bonds is 20. The third kappa shape index (κ3) is 27.3. The Bertz CT molecular complexity index is 379. The Morgan fingerprint density at radius 2 is 1.53 bits per heavy atom. The van der Waals surface area contributed by atoms with Crippen molar-refractivity contribution < 1.29 is 23.5 Å². The lowest BCUT2D eigenvalue weighted by Crippen LogP contribution is -2.10. The first-order valence-corrected chi connectivity index (χ1v) is 13.5. The van der Waals surface area contributed by atoms with Gasteiger partial charge in [0.15, 0.2) is 0 Å². The van der Waals surface area contributed by atoms with Gasteiger partial charge in [-0.15, -0.1) is 0 Å². The summed E-state index contributed by atoms with van der Waals surface area (Å²) in [4.78, 5) is 14.5. The molecule has 0 radical (unpaired) electrons. The molecule has 0 aliphatic rings. The van der Waals surface area contributed by atoms with Gasteiger partial charge in [-0.1, -0.05) is 93.6 Å². The lowest BCUT2D eigenvalue weighted by Gasteiger charge is -2.18. The van der Waals surface area contributed by atoms with Gasteiger partial charge in [-0.25, -0.2) is 4.89 Å². The number of carbonyl (C=O) groups excluding carboxylic acids is 1. The van der Waals surface area contributed by atoms with Crippen LogP contribution in [-0.2, 0) is 23.5 Å². The number of unbranched alkanes of at least 4 members (excludes halogenated alkanes) is 2. The van der Waals surface area contributed by atoms with Crippen LogP contribution in [0.5, 0.6) is 0 Å². The van der Waals surface area contributed by atoms with Crippen molar-refractivity contribution >= 4 is 18.5 Å². The molecule has 5 nitrogen and oxygen atoms in total. The van der Waals surface area contributed by atoms with Crippen LogP contribution in [0, 0.1) is 11.8 Å². The molecule has 32 heavy (non-hydrogen) atoms. The minimum Gasteiger partial charge on any atom is -0.498 e. The molecule has 0 aromatic heterocycles. The Labute approximate surface area is 204 Å². The molecule has 3 atom stereocenters. The van der Waals surface area contributed by atoms with E-state index in [4.69, 9.17) is 13.8 Å². The second-order valence-electron chi connectivity index (χ2n) is 7.84. The molecular weight excluding hydrogens is 424 g/mol. The van der Waals surface area contributed by atoms with Gasteiger partial charge in [0, 0.05) is 23.7 Å². The molecule has 0 heterocycles. The van der Waals surface area contributed by atoms with Gasteiger partial charge in [0.05, 0.1) is 26.1 Å². The number of ether oxygens (including phenoxy) is 2. The van der Waals surface area contributed by atoms with Crippen molar-refractivity contribution in [2.45, 2.75) is 118 Å². The van der Waals surface area contributed by atoms with Crippen LogP contribution < -0.4 is 0 Å². The standard InChI is InChI=1S/C14H28O3S.C10H20O2.C2H6/c1-6-8-9-14(7-2)11-16-12(3)10-13(4)18-17-15-5;1-3-5-7-10(6-4-2)8-12-9-11;1-2/h13-14H,3,6-11H2,1-2,4-5H3;9-10H,3-8H2,1-2H3;1-2H3. The van der Waals surface area contributed by atoms with E-state index in [0.29, 0.717) is 24.9 Å². The molecule has 0 saturated heterocycles. The topological polar surface area (TPSA) is 54.0 Å². The summed E-state index contributed by atoms with van der Waals surface area (Å²) < 4.78 is 15.3. The van der Waals surface area contributed by atoms with Crippen molar-refractivity contribution in [3.05, 3.63) is 12.3 Å². The highest BCUT2D eigenvalue weighted by Crippen LogP contribution is 2.21. The van der Waals surface area contributed by atoms with E-state index in [-0.39, 0.29) is 5.25 Å². The Balaban J connectivity index is -0.000000521. The highest BCUT2D eigenvalue weighted by molar-refractivity contribution is 7.95. The van der Waals surface area contributed by atoms with Gasteiger partial charge in [0.25, 0.3) is 6.47 Å². The third-order valence-corrected chi connectivity index (χ3v) is 5.63. The average molecular weight is 479 g/mol. The molecule has 0 N–H and O–H groups in total. The minimum atomic E-state index is 0.285. The summed E-state index contributed by atoms with van der Waals surface area (Å²) in [5.41, 5.74) is 0. The van der Waals surface area contributed by atoms with Gasteiger partial charge in [0.2, 0.25) is 0 Å². The van der Waals surface area contributed by atoms with Gasteiger partial charge in [-0.05, 0) is 31.1 Å². The van der Waals surface area contributed by atoms with E-state index < -0.39 is 0 Å². The molecular formula is C26H54O5S. The maximum Gasteiger partial charge on any atom is 0.293 e. The van der Waals surface area contributed by atoms with Crippen molar-refractivity contribution in [2.24, 2.45) is 11.8 Å². The summed E-state index contributed by atoms with van der Waals surface area (Å²) in [7, 11) is 1.50. The first-order valence-electron chi connectivity index (χ1n) is 12.7. The van der Waals surface area contributed by atoms with Crippen molar-refractivity contribution in [3.63, 3.8) is 0 Å². The zero-order chi connectivity index (χ0) is 25.0.